The molecule has 0 N–H and O–H groups in total. The first kappa shape index (κ1) is 36.0. The minimum atomic E-state index is -4.95. The van der Waals surface area contributed by atoms with Crippen LogP contribution in [0.3, 0.4) is 0 Å². The molecule has 2 aliphatic carbocycles. The fourth-order valence-corrected chi connectivity index (χ4v) is 38.5. The molecule has 6 aromatic rings. The van der Waals surface area contributed by atoms with Gasteiger partial charge in [-0.05, 0) is 0 Å². The molecule has 2 aliphatic rings. The predicted octanol–water partition coefficient (Wildman–Crippen LogP) is 15.5. The Hall–Kier alpha value is -3.00. The summed E-state index contributed by atoms with van der Waals surface area (Å²) in [5, 5.41) is 5.07. The molecule has 2 atom stereocenters. The molecule has 0 spiro atoms. The molecule has 8 rings (SSSR count). The first-order valence-corrected chi connectivity index (χ1v) is 34.6. The number of rotatable bonds is 10. The second-order valence-electron chi connectivity index (χ2n) is 15.4. The summed E-state index contributed by atoms with van der Waals surface area (Å²) in [6.45, 7) is 9.49. The maximum atomic E-state index is 8.84. The fraction of sp³-hybridized carbons (Fsp3) is 0.250. The van der Waals surface area contributed by atoms with Gasteiger partial charge in [-0.3, -0.25) is 0 Å². The first-order valence-electron chi connectivity index (χ1n) is 19.3. The van der Waals surface area contributed by atoms with Crippen LogP contribution in [0, 0.1) is 0 Å². The molecule has 0 bridgehead atoms. The van der Waals surface area contributed by atoms with E-state index in [-0.39, 0.29) is 7.25 Å². The van der Waals surface area contributed by atoms with E-state index >= 15 is 0 Å². The van der Waals surface area contributed by atoms with Crippen molar-refractivity contribution in [1.82, 2.24) is 0 Å². The van der Waals surface area contributed by atoms with Gasteiger partial charge in [-0.1, -0.05) is 0 Å². The van der Waals surface area contributed by atoms with Gasteiger partial charge in [-0.25, -0.2) is 0 Å². The molecule has 262 valence electrons. The molecule has 0 saturated heterocycles. The van der Waals surface area contributed by atoms with Crippen LogP contribution in [0.2, 0.25) is 13.1 Å². The van der Waals surface area contributed by atoms with Crippen LogP contribution in [-0.2, 0) is 15.0 Å². The molecule has 0 amide bonds. The molecule has 0 fully saturated rings. The van der Waals surface area contributed by atoms with Crippen molar-refractivity contribution in [3.63, 3.8) is 0 Å². The molecule has 0 radical (unpaired) electrons. The molecule has 4 heteroatoms. The Kier molecular flexibility index (Phi) is 9.93. The van der Waals surface area contributed by atoms with Gasteiger partial charge in [0.15, 0.2) is 0 Å². The van der Waals surface area contributed by atoms with Gasteiger partial charge < -0.3 is 0 Å². The molecule has 0 nitrogen and oxygen atoms in total. The summed E-state index contributed by atoms with van der Waals surface area (Å²) in [5.74, 6) is 0. The summed E-state index contributed by atoms with van der Waals surface area (Å²) in [5.41, 5.74) is 12.3. The maximum absolute atomic E-state index is 8.84. The number of hydrogen-bond acceptors (Lipinski definition) is 0. The third-order valence-corrected chi connectivity index (χ3v) is 58.6. The third kappa shape index (κ3) is 5.98. The van der Waals surface area contributed by atoms with Gasteiger partial charge in [0.1, 0.15) is 0 Å². The van der Waals surface area contributed by atoms with Gasteiger partial charge in [0.25, 0.3) is 0 Å². The molecule has 6 aromatic carbocycles. The normalized spacial score (nSPS) is 16.9. The zero-order valence-corrected chi connectivity index (χ0v) is 35.8. The third-order valence-electron chi connectivity index (χ3n) is 12.1. The van der Waals surface area contributed by atoms with Gasteiger partial charge in [0.05, 0.1) is 0 Å². The molecular formula is C48H48Cl2SiZr. The van der Waals surface area contributed by atoms with Gasteiger partial charge in [-0.15, -0.1) is 0 Å². The van der Waals surface area contributed by atoms with Gasteiger partial charge in [0, 0.05) is 0 Å². The van der Waals surface area contributed by atoms with E-state index in [9.17, 15) is 0 Å². The quantitative estimate of drug-likeness (QED) is 0.121. The Labute approximate surface area is 318 Å². The van der Waals surface area contributed by atoms with E-state index in [2.05, 4.69) is 160 Å². The molecule has 0 saturated carbocycles. The van der Waals surface area contributed by atoms with Crippen molar-refractivity contribution in [3.05, 3.63) is 155 Å². The molecule has 0 aromatic heterocycles. The average Bonchev–Trinajstić information content (AvgIpc) is 3.75. The molecule has 0 heterocycles. The van der Waals surface area contributed by atoms with E-state index in [1.165, 1.54) is 77.2 Å². The van der Waals surface area contributed by atoms with Gasteiger partial charge in [-0.2, -0.15) is 0 Å². The van der Waals surface area contributed by atoms with E-state index in [1.807, 2.05) is 0 Å². The summed E-state index contributed by atoms with van der Waals surface area (Å²) in [7, 11) is 17.7. The van der Waals surface area contributed by atoms with Crippen molar-refractivity contribution >= 4 is 56.2 Å². The van der Waals surface area contributed by atoms with E-state index < -0.39 is 20.4 Å². The minimum absolute atomic E-state index is 0.0842. The van der Waals surface area contributed by atoms with Crippen molar-refractivity contribution < 1.29 is 15.0 Å². The molecule has 2 unspecified atom stereocenters. The van der Waals surface area contributed by atoms with Gasteiger partial charge >= 0.3 is 321 Å². The Balaban J connectivity index is 1.34. The van der Waals surface area contributed by atoms with Crippen LogP contribution in [0.5, 0.6) is 0 Å². The van der Waals surface area contributed by atoms with Crippen LogP contribution in [0.25, 0.3) is 56.0 Å². The topological polar surface area (TPSA) is 0 Å². The first-order chi connectivity index (χ1) is 25.2. The number of fused-ring (bicyclic) bond motifs is 4. The SMILES string of the molecule is CCCCC1=Cc2c(-c3ccc4ccccc4c3)cccc2[CH]1[Zr]([Cl])([Cl])([CH]1C(CCCC)=Cc2c(-c3ccc4ccccc4c3)cccc21)=[Si](C)C. The predicted molar refractivity (Wildman–Crippen MR) is 228 cm³/mol. The van der Waals surface area contributed by atoms with Crippen LogP contribution in [0.1, 0.15) is 81.9 Å². The summed E-state index contributed by atoms with van der Waals surface area (Å²) < 4.78 is 0.168. The van der Waals surface area contributed by atoms with Crippen molar-refractivity contribution in [2.24, 2.45) is 0 Å². The standard InChI is InChI=1S/2C23H21.C2H6Si.2ClH.Zr/c2*1-2-3-7-17-14-20-10-6-11-22(23(20)15-17)21-13-12-18-8-4-5-9-19(18)16-21;1-3-2;;;/h2*4-6,8-16H,2-3,7H2,1H3;1-2H3;2*1H;/q;;;;;+2/p-2. The monoisotopic (exact) mass is 812 g/mol. The molecular weight excluding hydrogens is 767 g/mol. The number of unbranched alkanes of at least 4 members (excludes halogenated alkanes) is 2. The zero-order valence-electron chi connectivity index (χ0n) is 30.9. The van der Waals surface area contributed by atoms with Crippen LogP contribution < -0.4 is 0 Å². The Morgan fingerprint density at radius 3 is 1.35 bits per heavy atom. The van der Waals surface area contributed by atoms with E-state index in [0.29, 0.717) is 0 Å². The summed E-state index contributed by atoms with van der Waals surface area (Å²) in [4.78, 5) is 0. The summed E-state index contributed by atoms with van der Waals surface area (Å²) in [6.07, 6.45) is 11.7. The second-order valence-corrected chi connectivity index (χ2v) is 54.2. The van der Waals surface area contributed by atoms with Gasteiger partial charge in [0.2, 0.25) is 0 Å². The molecule has 52 heavy (non-hydrogen) atoms. The summed E-state index contributed by atoms with van der Waals surface area (Å²) >= 11 is -4.95. The van der Waals surface area contributed by atoms with Crippen molar-refractivity contribution in [2.45, 2.75) is 72.7 Å². The number of hydrogen-bond donors (Lipinski definition) is 0. The van der Waals surface area contributed by atoms with E-state index in [4.69, 9.17) is 17.0 Å². The van der Waals surface area contributed by atoms with Crippen LogP contribution in [-0.4, -0.2) is 5.43 Å². The van der Waals surface area contributed by atoms with Crippen LogP contribution in [0.15, 0.2) is 132 Å². The number of halogens is 2. The average molecular weight is 815 g/mol. The van der Waals surface area contributed by atoms with Crippen molar-refractivity contribution in [3.8, 4) is 22.3 Å². The van der Waals surface area contributed by atoms with Crippen molar-refractivity contribution in [1.29, 1.82) is 0 Å². The van der Waals surface area contributed by atoms with Crippen molar-refractivity contribution in [2.75, 3.05) is 0 Å². The van der Waals surface area contributed by atoms with Crippen LogP contribution >= 0.6 is 17.0 Å². The molecule has 0 aliphatic heterocycles. The van der Waals surface area contributed by atoms with Crippen LogP contribution in [0.4, 0.5) is 0 Å². The Morgan fingerprint density at radius 2 is 0.942 bits per heavy atom. The summed E-state index contributed by atoms with van der Waals surface area (Å²) in [6, 6.07) is 45.1. The zero-order chi connectivity index (χ0) is 36.1. The van der Waals surface area contributed by atoms with E-state index in [0.717, 1.165) is 38.5 Å². The fourth-order valence-electron chi connectivity index (χ4n) is 9.33. The van der Waals surface area contributed by atoms with E-state index in [1.54, 1.807) is 0 Å². The number of allylic oxidation sites excluding steroid dienone is 2. The Bertz CT molecular complexity index is 2330. The second kappa shape index (κ2) is 14.3. The Morgan fingerprint density at radius 1 is 0.519 bits per heavy atom. The number of benzene rings is 6.